The Hall–Kier alpha value is -2.15. The topological polar surface area (TPSA) is 51.3 Å². The Morgan fingerprint density at radius 1 is 1.03 bits per heavy atom. The zero-order valence-electron chi connectivity index (χ0n) is 19.3. The zero-order chi connectivity index (χ0) is 22.2. The monoisotopic (exact) mass is 452 g/mol. The molecule has 0 saturated carbocycles. The lowest BCUT2D eigenvalue weighted by molar-refractivity contribution is 0.107. The van der Waals surface area contributed by atoms with E-state index in [1.54, 1.807) is 0 Å². The van der Waals surface area contributed by atoms with Crippen molar-refractivity contribution >= 4 is 28.3 Å². The predicted octanol–water partition coefficient (Wildman–Crippen LogP) is 5.04. The molecule has 2 aliphatic rings. The molecule has 7 heteroatoms. The lowest BCUT2D eigenvalue weighted by Crippen LogP contribution is -2.42. The first-order chi connectivity index (χ1) is 15.5. The lowest BCUT2D eigenvalue weighted by atomic mass is 9.93. The number of anilines is 1. The number of imidazole rings is 1. The summed E-state index contributed by atoms with van der Waals surface area (Å²) in [7, 11) is 6.56. The first-order valence-corrected chi connectivity index (χ1v) is 12.1. The third-order valence-electron chi connectivity index (χ3n) is 7.41. The van der Waals surface area contributed by atoms with Crippen molar-refractivity contribution < 1.29 is 0 Å². The first-order valence-electron chi connectivity index (χ1n) is 11.8. The average molecular weight is 453 g/mol. The van der Waals surface area contributed by atoms with Gasteiger partial charge in [0.25, 0.3) is 0 Å². The summed E-state index contributed by atoms with van der Waals surface area (Å²) >= 11 is 6.50. The van der Waals surface area contributed by atoms with Crippen LogP contribution in [0.4, 0.5) is 5.69 Å². The number of para-hydroxylation sites is 1. The van der Waals surface area contributed by atoms with Crippen molar-refractivity contribution in [1.29, 1.82) is 0 Å². The second-order valence-corrected chi connectivity index (χ2v) is 9.88. The molecule has 4 heterocycles. The molecule has 0 spiro atoms. The maximum atomic E-state index is 6.50. The van der Waals surface area contributed by atoms with Gasteiger partial charge in [0, 0.05) is 25.3 Å². The fourth-order valence-corrected chi connectivity index (χ4v) is 5.76. The minimum atomic E-state index is 0.209. The highest BCUT2D eigenvalue weighted by Crippen LogP contribution is 2.41. The number of fused-ring (bicyclic) bond motifs is 1. The molecular weight excluding hydrogens is 420 g/mol. The van der Waals surface area contributed by atoms with E-state index in [4.69, 9.17) is 16.6 Å². The highest BCUT2D eigenvalue weighted by molar-refractivity contribution is 6.31. The summed E-state index contributed by atoms with van der Waals surface area (Å²) in [4.78, 5) is 20.7. The number of aromatic amines is 1. The van der Waals surface area contributed by atoms with E-state index in [0.29, 0.717) is 6.04 Å². The predicted molar refractivity (Wildman–Crippen MR) is 131 cm³/mol. The van der Waals surface area contributed by atoms with Gasteiger partial charge in [0.05, 0.1) is 39.5 Å². The second kappa shape index (κ2) is 9.00. The van der Waals surface area contributed by atoms with Crippen molar-refractivity contribution in [3.63, 3.8) is 0 Å². The largest absolute Gasteiger partial charge is 0.370 e. The minimum Gasteiger partial charge on any atom is -0.370 e. The number of likely N-dealkylation sites (tertiary alicyclic amines) is 1. The molecule has 0 aliphatic carbocycles. The maximum absolute atomic E-state index is 6.50. The molecule has 170 valence electrons. The van der Waals surface area contributed by atoms with E-state index >= 15 is 0 Å². The van der Waals surface area contributed by atoms with Crippen molar-refractivity contribution in [1.82, 2.24) is 24.8 Å². The van der Waals surface area contributed by atoms with Crippen LogP contribution in [0.3, 0.4) is 0 Å². The van der Waals surface area contributed by atoms with Crippen LogP contribution in [0.25, 0.3) is 11.0 Å². The summed E-state index contributed by atoms with van der Waals surface area (Å²) in [5.74, 6) is 1.05. The third kappa shape index (κ3) is 4.00. The van der Waals surface area contributed by atoms with Gasteiger partial charge in [-0.1, -0.05) is 17.7 Å². The number of aromatic nitrogens is 3. The fourth-order valence-electron chi connectivity index (χ4n) is 5.51. The molecule has 0 unspecified atom stereocenters. The van der Waals surface area contributed by atoms with Crippen LogP contribution < -0.4 is 4.90 Å². The molecule has 0 amide bonds. The van der Waals surface area contributed by atoms with Gasteiger partial charge in [-0.25, -0.2) is 4.98 Å². The fraction of sp³-hybridized carbons (Fsp3) is 0.520. The van der Waals surface area contributed by atoms with Crippen LogP contribution in [0.1, 0.15) is 55.7 Å². The van der Waals surface area contributed by atoms with Gasteiger partial charge in [-0.15, -0.1) is 0 Å². The molecule has 0 bridgehead atoms. The van der Waals surface area contributed by atoms with Gasteiger partial charge in [0.2, 0.25) is 0 Å². The van der Waals surface area contributed by atoms with E-state index in [-0.39, 0.29) is 12.1 Å². The van der Waals surface area contributed by atoms with E-state index in [1.165, 1.54) is 18.5 Å². The Kier molecular flexibility index (Phi) is 6.10. The van der Waals surface area contributed by atoms with Gasteiger partial charge in [0.1, 0.15) is 5.82 Å². The SMILES string of the molecule is CN(C)C1CCN(c2cccc3nc([C@H]4CCC[C@@H](c5ncccc5Cl)N4C)[nH]c23)CC1. The average Bonchev–Trinajstić information content (AvgIpc) is 3.24. The van der Waals surface area contributed by atoms with E-state index in [1.807, 2.05) is 18.3 Å². The quantitative estimate of drug-likeness (QED) is 0.601. The van der Waals surface area contributed by atoms with Crippen LogP contribution in [0.15, 0.2) is 36.5 Å². The van der Waals surface area contributed by atoms with Crippen LogP contribution in [0.5, 0.6) is 0 Å². The van der Waals surface area contributed by atoms with E-state index < -0.39 is 0 Å². The smallest absolute Gasteiger partial charge is 0.124 e. The molecule has 0 radical (unpaired) electrons. The summed E-state index contributed by atoms with van der Waals surface area (Å²) < 4.78 is 0. The van der Waals surface area contributed by atoms with Crippen molar-refractivity contribution in [2.24, 2.45) is 0 Å². The number of hydrogen-bond acceptors (Lipinski definition) is 5. The van der Waals surface area contributed by atoms with E-state index in [2.05, 4.69) is 64.0 Å². The van der Waals surface area contributed by atoms with Crippen molar-refractivity contribution in [3.05, 3.63) is 53.1 Å². The summed E-state index contributed by atoms with van der Waals surface area (Å²) in [5, 5.41) is 0.748. The summed E-state index contributed by atoms with van der Waals surface area (Å²) in [6.07, 6.45) is 7.52. The summed E-state index contributed by atoms with van der Waals surface area (Å²) in [6, 6.07) is 11.5. The zero-order valence-corrected chi connectivity index (χ0v) is 20.0. The Morgan fingerprint density at radius 3 is 2.56 bits per heavy atom. The number of pyridine rings is 1. The normalized spacial score (nSPS) is 23.3. The summed E-state index contributed by atoms with van der Waals surface area (Å²) in [5.41, 5.74) is 4.47. The number of hydrogen-bond donors (Lipinski definition) is 1. The van der Waals surface area contributed by atoms with E-state index in [0.717, 1.165) is 59.9 Å². The number of nitrogens with one attached hydrogen (secondary N) is 1. The molecule has 2 atom stereocenters. The molecule has 1 aromatic carbocycles. The highest BCUT2D eigenvalue weighted by atomic mass is 35.5. The third-order valence-corrected chi connectivity index (χ3v) is 7.73. The summed E-state index contributed by atoms with van der Waals surface area (Å²) in [6.45, 7) is 2.17. The Balaban J connectivity index is 1.42. The van der Waals surface area contributed by atoms with Crippen molar-refractivity contribution in [3.8, 4) is 0 Å². The Morgan fingerprint density at radius 2 is 1.81 bits per heavy atom. The molecule has 32 heavy (non-hydrogen) atoms. The second-order valence-electron chi connectivity index (χ2n) is 9.47. The molecule has 3 aromatic rings. The molecule has 6 nitrogen and oxygen atoms in total. The van der Waals surface area contributed by atoms with Crippen LogP contribution in [-0.4, -0.2) is 65.0 Å². The van der Waals surface area contributed by atoms with Crippen LogP contribution in [-0.2, 0) is 0 Å². The molecule has 1 N–H and O–H groups in total. The van der Waals surface area contributed by atoms with Gasteiger partial charge >= 0.3 is 0 Å². The number of rotatable bonds is 4. The standard InChI is InChI=1S/C25H33ClN6/c1-30(2)17-12-15-32(16-13-17)21-10-4-8-19-24(21)29-25(28-19)22-11-5-9-20(31(22)3)23-18(26)7-6-14-27-23/h4,6-8,10,14,17,20,22H,5,9,11-13,15-16H2,1-3H3,(H,28,29)/t20-,22+/m0/s1. The van der Waals surface area contributed by atoms with Crippen LogP contribution in [0.2, 0.25) is 5.02 Å². The van der Waals surface area contributed by atoms with Crippen molar-refractivity contribution in [2.75, 3.05) is 39.1 Å². The molecule has 2 fully saturated rings. The van der Waals surface area contributed by atoms with Crippen LogP contribution in [0, 0.1) is 0 Å². The van der Waals surface area contributed by atoms with Crippen molar-refractivity contribution in [2.45, 2.75) is 50.2 Å². The molecule has 2 aromatic heterocycles. The maximum Gasteiger partial charge on any atom is 0.124 e. The minimum absolute atomic E-state index is 0.209. The van der Waals surface area contributed by atoms with Gasteiger partial charge in [-0.3, -0.25) is 9.88 Å². The lowest BCUT2D eigenvalue weighted by Gasteiger charge is -2.38. The Labute approximate surface area is 195 Å². The number of benzene rings is 1. The number of H-pyrrole nitrogens is 1. The van der Waals surface area contributed by atoms with E-state index in [9.17, 15) is 0 Å². The number of halogens is 1. The van der Waals surface area contributed by atoms with Gasteiger partial charge in [-0.2, -0.15) is 0 Å². The molecular formula is C25H33ClN6. The Bertz CT molecular complexity index is 1070. The first kappa shape index (κ1) is 21.7. The molecule has 2 aliphatic heterocycles. The van der Waals surface area contributed by atoms with Gasteiger partial charge < -0.3 is 14.8 Å². The van der Waals surface area contributed by atoms with Crippen LogP contribution >= 0.6 is 11.6 Å². The number of nitrogens with zero attached hydrogens (tertiary/aromatic N) is 5. The van der Waals surface area contributed by atoms with Gasteiger partial charge in [0.15, 0.2) is 0 Å². The van der Waals surface area contributed by atoms with Gasteiger partial charge in [-0.05, 0) is 77.5 Å². The molecule has 2 saturated heterocycles. The number of piperidine rings is 2. The highest BCUT2D eigenvalue weighted by Gasteiger charge is 2.33. The molecule has 5 rings (SSSR count).